The summed E-state index contributed by atoms with van der Waals surface area (Å²) in [6.07, 6.45) is 1.09. The van der Waals surface area contributed by atoms with E-state index in [0.29, 0.717) is 11.4 Å². The summed E-state index contributed by atoms with van der Waals surface area (Å²) in [6.45, 7) is 0. The van der Waals surface area contributed by atoms with E-state index >= 15 is 0 Å². The smallest absolute Gasteiger partial charge is 0.229 e. The number of benzene rings is 1. The standard InChI is InChI=1S/C7H9N2O2S/c1-12(10,11)9-7-4-2-6(8)3-5-7/h2,4-5,9H,8H2,1H3. The molecule has 1 rings (SSSR count). The van der Waals surface area contributed by atoms with Gasteiger partial charge >= 0.3 is 0 Å². The molecule has 0 bridgehead atoms. The zero-order valence-corrected chi connectivity index (χ0v) is 7.35. The van der Waals surface area contributed by atoms with Gasteiger partial charge < -0.3 is 5.73 Å². The van der Waals surface area contributed by atoms with Crippen molar-refractivity contribution in [1.82, 2.24) is 0 Å². The highest BCUT2D eigenvalue weighted by atomic mass is 32.2. The molecule has 0 saturated carbocycles. The normalized spacial score (nSPS) is 11.1. The number of anilines is 2. The summed E-state index contributed by atoms with van der Waals surface area (Å²) in [7, 11) is -3.20. The van der Waals surface area contributed by atoms with Gasteiger partial charge in [-0.1, -0.05) is 0 Å². The largest absolute Gasteiger partial charge is 0.398 e. The lowest BCUT2D eigenvalue weighted by Gasteiger charge is -2.02. The first-order valence-corrected chi connectivity index (χ1v) is 5.11. The molecule has 3 N–H and O–H groups in total. The third-order valence-corrected chi connectivity index (χ3v) is 1.75. The highest BCUT2D eigenvalue weighted by Gasteiger charge is 1.99. The topological polar surface area (TPSA) is 72.2 Å². The Kier molecular flexibility index (Phi) is 2.23. The van der Waals surface area contributed by atoms with E-state index in [1.165, 1.54) is 6.07 Å². The molecule has 12 heavy (non-hydrogen) atoms. The first-order chi connectivity index (χ1) is 5.47. The number of hydrogen-bond acceptors (Lipinski definition) is 3. The molecule has 0 spiro atoms. The summed E-state index contributed by atoms with van der Waals surface area (Å²) < 4.78 is 23.8. The molecule has 0 fully saturated rings. The van der Waals surface area contributed by atoms with Crippen LogP contribution in [0, 0.1) is 6.07 Å². The van der Waals surface area contributed by atoms with Crippen molar-refractivity contribution >= 4 is 21.4 Å². The number of hydrogen-bond donors (Lipinski definition) is 2. The van der Waals surface area contributed by atoms with Crippen LogP contribution in [0.3, 0.4) is 0 Å². The number of nitrogens with one attached hydrogen (secondary N) is 1. The summed E-state index contributed by atoms with van der Waals surface area (Å²) in [5, 5.41) is 0. The van der Waals surface area contributed by atoms with E-state index in [1.807, 2.05) is 0 Å². The maximum absolute atomic E-state index is 10.7. The molecule has 0 aromatic heterocycles. The van der Waals surface area contributed by atoms with Crippen molar-refractivity contribution in [3.8, 4) is 0 Å². The lowest BCUT2D eigenvalue weighted by Crippen LogP contribution is -2.09. The Hall–Kier alpha value is -1.23. The Bertz CT molecular complexity index is 355. The Morgan fingerprint density at radius 3 is 2.58 bits per heavy atom. The lowest BCUT2D eigenvalue weighted by molar-refractivity contribution is 0.607. The lowest BCUT2D eigenvalue weighted by atomic mass is 10.3. The van der Waals surface area contributed by atoms with Gasteiger partial charge in [0, 0.05) is 17.4 Å². The highest BCUT2D eigenvalue weighted by Crippen LogP contribution is 2.10. The summed E-state index contributed by atoms with van der Waals surface area (Å²) in [5.41, 5.74) is 6.30. The molecule has 65 valence electrons. The molecule has 0 amide bonds. The van der Waals surface area contributed by atoms with Crippen LogP contribution in [-0.4, -0.2) is 14.7 Å². The molecule has 0 aliphatic carbocycles. The molecule has 0 atom stereocenters. The third-order valence-electron chi connectivity index (χ3n) is 1.14. The van der Waals surface area contributed by atoms with E-state index in [1.54, 1.807) is 12.1 Å². The van der Waals surface area contributed by atoms with E-state index in [2.05, 4.69) is 10.8 Å². The van der Waals surface area contributed by atoms with Crippen LogP contribution in [0.1, 0.15) is 0 Å². The molecule has 0 saturated heterocycles. The maximum atomic E-state index is 10.7. The van der Waals surface area contributed by atoms with Gasteiger partial charge in [0.25, 0.3) is 0 Å². The van der Waals surface area contributed by atoms with Crippen LogP contribution in [0.5, 0.6) is 0 Å². The molecule has 0 heterocycles. The number of nitrogens with two attached hydrogens (primary N) is 1. The number of nitrogen functional groups attached to an aromatic ring is 1. The molecule has 1 aromatic rings. The average Bonchev–Trinajstić information content (AvgIpc) is 1.91. The minimum Gasteiger partial charge on any atom is -0.398 e. The molecular formula is C7H9N2O2S. The Balaban J connectivity index is 2.85. The molecule has 1 radical (unpaired) electrons. The first kappa shape index (κ1) is 8.86. The molecule has 4 nitrogen and oxygen atoms in total. The Labute approximate surface area is 71.4 Å². The van der Waals surface area contributed by atoms with Crippen LogP contribution in [0.15, 0.2) is 18.2 Å². The summed E-state index contributed by atoms with van der Waals surface area (Å²) in [6, 6.07) is 7.31. The van der Waals surface area contributed by atoms with E-state index in [9.17, 15) is 8.42 Å². The molecular weight excluding hydrogens is 176 g/mol. The van der Waals surface area contributed by atoms with Crippen molar-refractivity contribution < 1.29 is 8.42 Å². The van der Waals surface area contributed by atoms with Crippen LogP contribution in [-0.2, 0) is 10.0 Å². The SMILES string of the molecule is CS(=O)(=O)Nc1c[c]c(N)cc1. The van der Waals surface area contributed by atoms with Gasteiger partial charge in [-0.05, 0) is 18.2 Å². The fourth-order valence-electron chi connectivity index (χ4n) is 0.714. The fourth-order valence-corrected chi connectivity index (χ4v) is 1.27. The van der Waals surface area contributed by atoms with Gasteiger partial charge in [-0.3, -0.25) is 4.72 Å². The molecule has 0 unspecified atom stereocenters. The molecule has 1 aromatic carbocycles. The predicted octanol–water partition coefficient (Wildman–Crippen LogP) is 0.440. The highest BCUT2D eigenvalue weighted by molar-refractivity contribution is 7.92. The van der Waals surface area contributed by atoms with Crippen LogP contribution in [0.2, 0.25) is 0 Å². The second kappa shape index (κ2) is 3.02. The van der Waals surface area contributed by atoms with E-state index in [0.717, 1.165) is 6.26 Å². The zero-order valence-electron chi connectivity index (χ0n) is 6.53. The fraction of sp³-hybridized carbons (Fsp3) is 0.143. The number of sulfonamides is 1. The van der Waals surface area contributed by atoms with Crippen LogP contribution >= 0.6 is 0 Å². The summed E-state index contributed by atoms with van der Waals surface area (Å²) >= 11 is 0. The maximum Gasteiger partial charge on any atom is 0.229 e. The van der Waals surface area contributed by atoms with Crippen molar-refractivity contribution in [3.63, 3.8) is 0 Å². The molecule has 0 aliphatic rings. The van der Waals surface area contributed by atoms with Gasteiger partial charge in [-0.25, -0.2) is 8.42 Å². The Morgan fingerprint density at radius 2 is 2.17 bits per heavy atom. The second-order valence-electron chi connectivity index (χ2n) is 2.41. The summed E-state index contributed by atoms with van der Waals surface area (Å²) in [4.78, 5) is 0. The van der Waals surface area contributed by atoms with E-state index in [4.69, 9.17) is 5.73 Å². The van der Waals surface area contributed by atoms with Crippen molar-refractivity contribution in [2.45, 2.75) is 0 Å². The van der Waals surface area contributed by atoms with Crippen molar-refractivity contribution in [1.29, 1.82) is 0 Å². The first-order valence-electron chi connectivity index (χ1n) is 3.22. The van der Waals surface area contributed by atoms with Gasteiger partial charge in [0.15, 0.2) is 0 Å². The van der Waals surface area contributed by atoms with Gasteiger partial charge in [-0.2, -0.15) is 0 Å². The van der Waals surface area contributed by atoms with Crippen LogP contribution in [0.25, 0.3) is 0 Å². The van der Waals surface area contributed by atoms with E-state index in [-0.39, 0.29) is 0 Å². The monoisotopic (exact) mass is 185 g/mol. The van der Waals surface area contributed by atoms with Crippen LogP contribution < -0.4 is 10.5 Å². The van der Waals surface area contributed by atoms with Gasteiger partial charge in [0.05, 0.1) is 6.26 Å². The van der Waals surface area contributed by atoms with Crippen molar-refractivity contribution in [2.75, 3.05) is 16.7 Å². The minimum absolute atomic E-state index is 0.465. The van der Waals surface area contributed by atoms with Gasteiger partial charge in [0.2, 0.25) is 10.0 Å². The predicted molar refractivity (Wildman–Crippen MR) is 48.2 cm³/mol. The summed E-state index contributed by atoms with van der Waals surface area (Å²) in [5.74, 6) is 0. The second-order valence-corrected chi connectivity index (χ2v) is 4.16. The van der Waals surface area contributed by atoms with Crippen LogP contribution in [0.4, 0.5) is 11.4 Å². The zero-order chi connectivity index (χ0) is 9.19. The molecule has 5 heteroatoms. The number of rotatable bonds is 2. The van der Waals surface area contributed by atoms with Crippen molar-refractivity contribution in [3.05, 3.63) is 24.3 Å². The van der Waals surface area contributed by atoms with Gasteiger partial charge in [0.1, 0.15) is 0 Å². The Morgan fingerprint density at radius 1 is 1.50 bits per heavy atom. The third kappa shape index (κ3) is 2.79. The quantitative estimate of drug-likeness (QED) is 0.657. The van der Waals surface area contributed by atoms with Gasteiger partial charge in [-0.15, -0.1) is 0 Å². The van der Waals surface area contributed by atoms with E-state index < -0.39 is 10.0 Å². The average molecular weight is 185 g/mol. The minimum atomic E-state index is -3.20. The van der Waals surface area contributed by atoms with Crippen molar-refractivity contribution in [2.24, 2.45) is 0 Å². The molecule has 0 aliphatic heterocycles.